The van der Waals surface area contributed by atoms with E-state index in [0.717, 1.165) is 24.5 Å². The first-order valence-corrected chi connectivity index (χ1v) is 9.75. The molecule has 7 heteroatoms. The Labute approximate surface area is 169 Å². The topological polar surface area (TPSA) is 56.8 Å². The Kier molecular flexibility index (Phi) is 5.05. The number of pyridine rings is 1. The van der Waals surface area contributed by atoms with Gasteiger partial charge in [-0.3, -0.25) is 14.5 Å². The van der Waals surface area contributed by atoms with E-state index in [2.05, 4.69) is 9.88 Å². The molecule has 0 spiro atoms. The van der Waals surface area contributed by atoms with Gasteiger partial charge in [0.2, 0.25) is 0 Å². The molecule has 1 aromatic carbocycles. The summed E-state index contributed by atoms with van der Waals surface area (Å²) in [5.41, 5.74) is 1.69. The van der Waals surface area contributed by atoms with E-state index in [-0.39, 0.29) is 11.8 Å². The van der Waals surface area contributed by atoms with Gasteiger partial charge in [-0.25, -0.2) is 4.98 Å². The highest BCUT2D eigenvalue weighted by Gasteiger charge is 2.41. The lowest BCUT2D eigenvalue weighted by Crippen LogP contribution is -2.47. The molecule has 0 radical (unpaired) electrons. The Hall–Kier alpha value is -2.86. The Bertz CT molecular complexity index is 919. The molecule has 1 fully saturated rings. The fourth-order valence-electron chi connectivity index (χ4n) is 3.72. The maximum Gasteiger partial charge on any atom is 0.277 e. The summed E-state index contributed by atoms with van der Waals surface area (Å²) in [7, 11) is 0. The van der Waals surface area contributed by atoms with Crippen LogP contribution in [-0.2, 0) is 9.59 Å². The van der Waals surface area contributed by atoms with Crippen molar-refractivity contribution >= 4 is 34.8 Å². The minimum Gasteiger partial charge on any atom is -0.363 e. The molecule has 0 saturated carbocycles. The lowest BCUT2D eigenvalue weighted by molar-refractivity contribution is -0.137. The SMILES string of the molecule is CCN1C(=O)C(c2ccc(Cl)cc2)=C(N2CCN(c3ccccn3)CC2)C1=O. The molecule has 0 atom stereocenters. The van der Waals surface area contributed by atoms with Crippen LogP contribution >= 0.6 is 11.6 Å². The van der Waals surface area contributed by atoms with Crippen LogP contribution in [0, 0.1) is 0 Å². The second kappa shape index (κ2) is 7.64. The fraction of sp³-hybridized carbons (Fsp3) is 0.286. The molecule has 144 valence electrons. The van der Waals surface area contributed by atoms with Crippen LogP contribution in [0.3, 0.4) is 0 Å². The maximum absolute atomic E-state index is 13.0. The third-order valence-electron chi connectivity index (χ3n) is 5.16. The van der Waals surface area contributed by atoms with Crippen LogP contribution in [0.25, 0.3) is 5.57 Å². The van der Waals surface area contributed by atoms with Crippen molar-refractivity contribution < 1.29 is 9.59 Å². The first kappa shape index (κ1) is 18.5. The standard InChI is InChI=1S/C21H21ClN4O2/c1-2-26-20(27)18(15-6-8-16(22)9-7-15)19(21(26)28)25-13-11-24(12-14-25)17-5-3-4-10-23-17/h3-10H,2,11-14H2,1H3. The molecule has 2 aliphatic rings. The first-order valence-electron chi connectivity index (χ1n) is 9.37. The Morgan fingerprint density at radius 2 is 1.61 bits per heavy atom. The van der Waals surface area contributed by atoms with Gasteiger partial charge in [-0.2, -0.15) is 0 Å². The van der Waals surface area contributed by atoms with Crippen LogP contribution in [0.4, 0.5) is 5.82 Å². The summed E-state index contributed by atoms with van der Waals surface area (Å²) in [5.74, 6) is 0.471. The van der Waals surface area contributed by atoms with E-state index in [1.54, 1.807) is 30.5 Å². The van der Waals surface area contributed by atoms with E-state index in [1.165, 1.54) is 4.90 Å². The van der Waals surface area contributed by atoms with Crippen LogP contribution < -0.4 is 4.90 Å². The van der Waals surface area contributed by atoms with Crippen molar-refractivity contribution in [3.8, 4) is 0 Å². The number of halogens is 1. The number of anilines is 1. The fourth-order valence-corrected chi connectivity index (χ4v) is 3.85. The molecule has 4 rings (SSSR count). The number of imide groups is 1. The van der Waals surface area contributed by atoms with Gasteiger partial charge in [0.05, 0.1) is 5.57 Å². The molecule has 6 nitrogen and oxygen atoms in total. The van der Waals surface area contributed by atoms with Gasteiger partial charge >= 0.3 is 0 Å². The van der Waals surface area contributed by atoms with Gasteiger partial charge in [0, 0.05) is 43.9 Å². The quantitative estimate of drug-likeness (QED) is 0.744. The van der Waals surface area contributed by atoms with E-state index < -0.39 is 0 Å². The summed E-state index contributed by atoms with van der Waals surface area (Å²) in [4.78, 5) is 35.9. The minimum atomic E-state index is -0.239. The van der Waals surface area contributed by atoms with Crippen LogP contribution in [0.15, 0.2) is 54.4 Å². The number of likely N-dealkylation sites (N-methyl/N-ethyl adjacent to an activating group) is 1. The zero-order chi connectivity index (χ0) is 19.7. The average molecular weight is 397 g/mol. The highest BCUT2D eigenvalue weighted by molar-refractivity contribution is 6.36. The normalized spacial score (nSPS) is 17.7. The van der Waals surface area contributed by atoms with Gasteiger partial charge in [-0.1, -0.05) is 29.8 Å². The molecule has 0 bridgehead atoms. The minimum absolute atomic E-state index is 0.219. The predicted octanol–water partition coefficient (Wildman–Crippen LogP) is 2.66. The smallest absolute Gasteiger partial charge is 0.277 e. The number of hydrogen-bond donors (Lipinski definition) is 0. The van der Waals surface area contributed by atoms with E-state index in [4.69, 9.17) is 11.6 Å². The third-order valence-corrected chi connectivity index (χ3v) is 5.41. The van der Waals surface area contributed by atoms with Crippen molar-refractivity contribution in [2.24, 2.45) is 0 Å². The van der Waals surface area contributed by atoms with Crippen molar-refractivity contribution in [1.29, 1.82) is 0 Å². The number of nitrogens with zero attached hydrogens (tertiary/aromatic N) is 4. The van der Waals surface area contributed by atoms with E-state index in [1.807, 2.05) is 30.0 Å². The molecule has 1 aromatic heterocycles. The largest absolute Gasteiger partial charge is 0.363 e. The van der Waals surface area contributed by atoms with Crippen molar-refractivity contribution in [2.75, 3.05) is 37.6 Å². The second-order valence-corrected chi connectivity index (χ2v) is 7.18. The Morgan fingerprint density at radius 1 is 0.929 bits per heavy atom. The van der Waals surface area contributed by atoms with E-state index >= 15 is 0 Å². The highest BCUT2D eigenvalue weighted by atomic mass is 35.5. The molecule has 28 heavy (non-hydrogen) atoms. The van der Waals surface area contributed by atoms with Gasteiger partial charge < -0.3 is 9.80 Å². The van der Waals surface area contributed by atoms with E-state index in [9.17, 15) is 9.59 Å². The number of piperazine rings is 1. The molecule has 2 aliphatic heterocycles. The molecule has 0 N–H and O–H groups in total. The summed E-state index contributed by atoms with van der Waals surface area (Å²) in [5, 5.41) is 0.596. The zero-order valence-electron chi connectivity index (χ0n) is 15.6. The molecule has 0 aliphatic carbocycles. The number of hydrogen-bond acceptors (Lipinski definition) is 5. The van der Waals surface area contributed by atoms with Gasteiger partial charge in [0.1, 0.15) is 11.5 Å². The van der Waals surface area contributed by atoms with Crippen molar-refractivity contribution in [1.82, 2.24) is 14.8 Å². The Balaban J connectivity index is 1.64. The van der Waals surface area contributed by atoms with Crippen LogP contribution in [0.5, 0.6) is 0 Å². The zero-order valence-corrected chi connectivity index (χ0v) is 16.4. The monoisotopic (exact) mass is 396 g/mol. The summed E-state index contributed by atoms with van der Waals surface area (Å²) in [6, 6.07) is 12.9. The Morgan fingerprint density at radius 3 is 2.21 bits per heavy atom. The van der Waals surface area contributed by atoms with Crippen molar-refractivity contribution in [2.45, 2.75) is 6.92 Å². The molecule has 1 saturated heterocycles. The lowest BCUT2D eigenvalue weighted by Gasteiger charge is -2.37. The van der Waals surface area contributed by atoms with Gasteiger partial charge in [0.25, 0.3) is 11.8 Å². The van der Waals surface area contributed by atoms with Crippen LogP contribution in [0.2, 0.25) is 5.02 Å². The maximum atomic E-state index is 13.0. The molecule has 3 heterocycles. The summed E-state index contributed by atoms with van der Waals surface area (Å²) < 4.78 is 0. The summed E-state index contributed by atoms with van der Waals surface area (Å²) in [6.45, 7) is 4.95. The van der Waals surface area contributed by atoms with Crippen LogP contribution in [0.1, 0.15) is 12.5 Å². The third kappa shape index (κ3) is 3.24. The molecule has 2 amide bonds. The summed E-state index contributed by atoms with van der Waals surface area (Å²) >= 11 is 6.00. The summed E-state index contributed by atoms with van der Waals surface area (Å²) in [6.07, 6.45) is 1.78. The number of amides is 2. The number of carbonyl (C=O) groups is 2. The van der Waals surface area contributed by atoms with Crippen molar-refractivity contribution in [3.63, 3.8) is 0 Å². The van der Waals surface area contributed by atoms with Gasteiger partial charge in [-0.05, 0) is 36.8 Å². The van der Waals surface area contributed by atoms with Gasteiger partial charge in [-0.15, -0.1) is 0 Å². The predicted molar refractivity (Wildman–Crippen MR) is 109 cm³/mol. The lowest BCUT2D eigenvalue weighted by atomic mass is 10.0. The molecule has 0 unspecified atom stereocenters. The first-order chi connectivity index (χ1) is 13.6. The molecular formula is C21H21ClN4O2. The number of carbonyl (C=O) groups excluding carboxylic acids is 2. The average Bonchev–Trinajstić information content (AvgIpc) is 2.99. The highest BCUT2D eigenvalue weighted by Crippen LogP contribution is 2.32. The number of benzene rings is 1. The van der Waals surface area contributed by atoms with Crippen molar-refractivity contribution in [3.05, 3.63) is 64.9 Å². The number of aromatic nitrogens is 1. The van der Waals surface area contributed by atoms with Gasteiger partial charge in [0.15, 0.2) is 0 Å². The molecule has 2 aromatic rings. The second-order valence-electron chi connectivity index (χ2n) is 6.75. The van der Waals surface area contributed by atoms with E-state index in [0.29, 0.717) is 35.9 Å². The number of rotatable bonds is 4. The molecular weight excluding hydrogens is 376 g/mol. The van der Waals surface area contributed by atoms with Crippen LogP contribution in [-0.4, -0.2) is 59.3 Å².